The first-order valence-corrected chi connectivity index (χ1v) is 7.53. The van der Waals surface area contributed by atoms with Gasteiger partial charge in [-0.05, 0) is 18.3 Å². The van der Waals surface area contributed by atoms with Gasteiger partial charge in [0.15, 0.2) is 4.34 Å². The van der Waals surface area contributed by atoms with Crippen LogP contribution in [0, 0.1) is 5.41 Å². The number of anilines is 1. The highest BCUT2D eigenvalue weighted by Crippen LogP contribution is 2.44. The fourth-order valence-electron chi connectivity index (χ4n) is 2.06. The van der Waals surface area contributed by atoms with Crippen molar-refractivity contribution in [2.24, 2.45) is 11.1 Å². The minimum atomic E-state index is 0.249. The standard InChI is InChI=1S/C11H20N4S2/c1-11(2)6-5-7(8(11)12)16-10-14-13-9(17-10)15(3)4/h7-8H,5-6,12H2,1-4H3. The molecule has 2 N–H and O–H groups in total. The molecule has 0 aromatic carbocycles. The van der Waals surface area contributed by atoms with E-state index in [1.54, 1.807) is 23.1 Å². The maximum absolute atomic E-state index is 6.30. The lowest BCUT2D eigenvalue weighted by molar-refractivity contribution is 0.334. The Morgan fingerprint density at radius 2 is 2.12 bits per heavy atom. The second-order valence-corrected chi connectivity index (χ2v) is 7.90. The van der Waals surface area contributed by atoms with Gasteiger partial charge >= 0.3 is 0 Å². The Morgan fingerprint density at radius 3 is 2.59 bits per heavy atom. The first-order chi connectivity index (χ1) is 7.90. The molecule has 1 fully saturated rings. The van der Waals surface area contributed by atoms with Crippen LogP contribution in [0.2, 0.25) is 0 Å². The second-order valence-electron chi connectivity index (χ2n) is 5.45. The first-order valence-electron chi connectivity index (χ1n) is 5.83. The van der Waals surface area contributed by atoms with E-state index in [-0.39, 0.29) is 11.5 Å². The van der Waals surface area contributed by atoms with Gasteiger partial charge in [-0.3, -0.25) is 0 Å². The molecule has 0 saturated heterocycles. The minimum absolute atomic E-state index is 0.249. The summed E-state index contributed by atoms with van der Waals surface area (Å²) >= 11 is 3.43. The van der Waals surface area contributed by atoms with E-state index in [1.165, 1.54) is 12.8 Å². The molecule has 4 nitrogen and oxygen atoms in total. The topological polar surface area (TPSA) is 55.0 Å². The molecule has 1 aliphatic carbocycles. The van der Waals surface area contributed by atoms with Gasteiger partial charge in [0.1, 0.15) is 0 Å². The van der Waals surface area contributed by atoms with Crippen molar-refractivity contribution in [3.63, 3.8) is 0 Å². The summed E-state index contributed by atoms with van der Waals surface area (Å²) in [6, 6.07) is 0.249. The van der Waals surface area contributed by atoms with Gasteiger partial charge in [0, 0.05) is 25.4 Å². The van der Waals surface area contributed by atoms with Crippen LogP contribution >= 0.6 is 23.1 Å². The van der Waals surface area contributed by atoms with Crippen molar-refractivity contribution in [1.82, 2.24) is 10.2 Å². The molecule has 6 heteroatoms. The van der Waals surface area contributed by atoms with Crippen LogP contribution in [0.4, 0.5) is 5.13 Å². The van der Waals surface area contributed by atoms with Gasteiger partial charge in [-0.25, -0.2) is 0 Å². The second kappa shape index (κ2) is 4.74. The lowest BCUT2D eigenvalue weighted by Gasteiger charge is -2.25. The van der Waals surface area contributed by atoms with E-state index in [1.807, 2.05) is 19.0 Å². The molecule has 0 bridgehead atoms. The van der Waals surface area contributed by atoms with Crippen LogP contribution in [0.1, 0.15) is 26.7 Å². The maximum Gasteiger partial charge on any atom is 0.208 e. The molecule has 0 amide bonds. The molecule has 0 radical (unpaired) electrons. The average molecular weight is 272 g/mol. The Labute approximate surface area is 111 Å². The van der Waals surface area contributed by atoms with Crippen molar-refractivity contribution < 1.29 is 0 Å². The lowest BCUT2D eigenvalue weighted by atomic mass is 9.88. The molecule has 1 aliphatic rings. The fraction of sp³-hybridized carbons (Fsp3) is 0.818. The molecule has 1 heterocycles. The SMILES string of the molecule is CN(C)c1nnc(SC2CCC(C)(C)C2N)s1. The van der Waals surface area contributed by atoms with Gasteiger partial charge in [-0.1, -0.05) is 36.9 Å². The highest BCUT2D eigenvalue weighted by atomic mass is 32.2. The zero-order valence-electron chi connectivity index (χ0n) is 10.8. The smallest absolute Gasteiger partial charge is 0.208 e. The Bertz CT molecular complexity index is 389. The molecule has 2 atom stereocenters. The van der Waals surface area contributed by atoms with Crippen LogP contribution in [-0.2, 0) is 0 Å². The molecule has 1 aromatic rings. The van der Waals surface area contributed by atoms with Crippen LogP contribution in [-0.4, -0.2) is 35.6 Å². The zero-order valence-corrected chi connectivity index (χ0v) is 12.4. The van der Waals surface area contributed by atoms with E-state index in [9.17, 15) is 0 Å². The Kier molecular flexibility index (Phi) is 3.66. The zero-order chi connectivity index (χ0) is 12.6. The van der Waals surface area contributed by atoms with Gasteiger partial charge in [0.05, 0.1) is 0 Å². The summed E-state index contributed by atoms with van der Waals surface area (Å²) in [6.07, 6.45) is 2.38. The van der Waals surface area contributed by atoms with Gasteiger partial charge in [0.25, 0.3) is 0 Å². The van der Waals surface area contributed by atoms with Gasteiger partial charge < -0.3 is 10.6 Å². The van der Waals surface area contributed by atoms with E-state index in [4.69, 9.17) is 5.73 Å². The molecule has 0 spiro atoms. The summed E-state index contributed by atoms with van der Waals surface area (Å²) < 4.78 is 1.03. The van der Waals surface area contributed by atoms with Crippen molar-refractivity contribution in [1.29, 1.82) is 0 Å². The molecule has 1 saturated carbocycles. The van der Waals surface area contributed by atoms with E-state index in [0.717, 1.165) is 9.47 Å². The molecular formula is C11H20N4S2. The normalized spacial score (nSPS) is 27.4. The van der Waals surface area contributed by atoms with E-state index in [2.05, 4.69) is 24.0 Å². The van der Waals surface area contributed by atoms with Crippen molar-refractivity contribution in [2.75, 3.05) is 19.0 Å². The minimum Gasteiger partial charge on any atom is -0.353 e. The van der Waals surface area contributed by atoms with Crippen molar-refractivity contribution in [3.8, 4) is 0 Å². The fourth-order valence-corrected chi connectivity index (χ4v) is 4.44. The number of thioether (sulfide) groups is 1. The van der Waals surface area contributed by atoms with Crippen molar-refractivity contribution >= 4 is 28.2 Å². The molecule has 96 valence electrons. The number of nitrogens with two attached hydrogens (primary N) is 1. The largest absolute Gasteiger partial charge is 0.353 e. The predicted octanol–water partition coefficient (Wildman–Crippen LogP) is 2.21. The number of aromatic nitrogens is 2. The number of rotatable bonds is 3. The summed E-state index contributed by atoms with van der Waals surface area (Å²) in [5, 5.41) is 9.81. The van der Waals surface area contributed by atoms with E-state index >= 15 is 0 Å². The lowest BCUT2D eigenvalue weighted by Crippen LogP contribution is -2.38. The average Bonchev–Trinajstić information content (AvgIpc) is 2.79. The van der Waals surface area contributed by atoms with Gasteiger partial charge in [0.2, 0.25) is 5.13 Å². The molecule has 17 heavy (non-hydrogen) atoms. The first kappa shape index (κ1) is 13.1. The summed E-state index contributed by atoms with van der Waals surface area (Å²) in [5.74, 6) is 0. The Hall–Kier alpha value is -0.330. The number of nitrogens with zero attached hydrogens (tertiary/aromatic N) is 3. The van der Waals surface area contributed by atoms with Crippen LogP contribution in [0.3, 0.4) is 0 Å². The van der Waals surface area contributed by atoms with Crippen LogP contribution < -0.4 is 10.6 Å². The third-order valence-electron chi connectivity index (χ3n) is 3.41. The third-order valence-corrected chi connectivity index (χ3v) is 5.95. The molecule has 0 aliphatic heterocycles. The quantitative estimate of drug-likeness (QED) is 0.914. The molecule has 2 rings (SSSR count). The van der Waals surface area contributed by atoms with Gasteiger partial charge in [-0.15, -0.1) is 10.2 Å². The highest BCUT2D eigenvalue weighted by Gasteiger charge is 2.40. The molecule has 2 unspecified atom stereocenters. The van der Waals surface area contributed by atoms with Crippen LogP contribution in [0.5, 0.6) is 0 Å². The number of hydrogen-bond acceptors (Lipinski definition) is 6. The highest BCUT2D eigenvalue weighted by molar-refractivity contribution is 8.01. The monoisotopic (exact) mass is 272 g/mol. The predicted molar refractivity (Wildman–Crippen MR) is 74.9 cm³/mol. The molecular weight excluding hydrogens is 252 g/mol. The van der Waals surface area contributed by atoms with Crippen LogP contribution in [0.25, 0.3) is 0 Å². The summed E-state index contributed by atoms with van der Waals surface area (Å²) in [5.41, 5.74) is 6.55. The van der Waals surface area contributed by atoms with Crippen LogP contribution in [0.15, 0.2) is 4.34 Å². The van der Waals surface area contributed by atoms with E-state index in [0.29, 0.717) is 5.25 Å². The summed E-state index contributed by atoms with van der Waals surface area (Å²) in [6.45, 7) is 4.51. The Balaban J connectivity index is 2.02. The maximum atomic E-state index is 6.30. The summed E-state index contributed by atoms with van der Waals surface area (Å²) in [4.78, 5) is 1.99. The van der Waals surface area contributed by atoms with Gasteiger partial charge in [-0.2, -0.15) is 0 Å². The third kappa shape index (κ3) is 2.74. The Morgan fingerprint density at radius 1 is 1.41 bits per heavy atom. The number of hydrogen-bond donors (Lipinski definition) is 1. The van der Waals surface area contributed by atoms with E-state index < -0.39 is 0 Å². The van der Waals surface area contributed by atoms with Crippen molar-refractivity contribution in [3.05, 3.63) is 0 Å². The van der Waals surface area contributed by atoms with Crippen molar-refractivity contribution in [2.45, 2.75) is 42.3 Å². The summed E-state index contributed by atoms with van der Waals surface area (Å²) in [7, 11) is 3.97. The molecule has 1 aromatic heterocycles.